The third kappa shape index (κ3) is 5.51. The summed E-state index contributed by atoms with van der Waals surface area (Å²) in [5, 5.41) is 0. The molecule has 0 unspecified atom stereocenters. The van der Waals surface area contributed by atoms with Gasteiger partial charge >= 0.3 is 0 Å². The molecule has 0 saturated carbocycles. The van der Waals surface area contributed by atoms with Crippen molar-refractivity contribution >= 4 is 29.2 Å². The number of hydrazine groups is 1. The van der Waals surface area contributed by atoms with Crippen LogP contribution in [0.3, 0.4) is 0 Å². The van der Waals surface area contributed by atoms with E-state index in [1.165, 1.54) is 37.3 Å². The molecule has 1 atom stereocenters. The number of carbonyl (C=O) groups is 2. The first-order valence-electron chi connectivity index (χ1n) is 7.20. The van der Waals surface area contributed by atoms with Gasteiger partial charge in [-0.25, -0.2) is 4.39 Å². The molecule has 0 spiro atoms. The highest BCUT2D eigenvalue weighted by Crippen LogP contribution is 2.16. The summed E-state index contributed by atoms with van der Waals surface area (Å²) in [6, 6.07) is 9.17. The lowest BCUT2D eigenvalue weighted by Gasteiger charge is -2.14. The minimum absolute atomic E-state index is 0.360. The smallest absolute Gasteiger partial charge is 0.279 e. The van der Waals surface area contributed by atoms with Gasteiger partial charge in [0.1, 0.15) is 11.6 Å². The summed E-state index contributed by atoms with van der Waals surface area (Å²) in [7, 11) is 0. The van der Waals surface area contributed by atoms with Crippen LogP contribution in [0.2, 0.25) is 0 Å². The highest BCUT2D eigenvalue weighted by atomic mass is 32.1. The zero-order valence-electron chi connectivity index (χ0n) is 13.2. The lowest BCUT2D eigenvalue weighted by Crippen LogP contribution is -2.46. The summed E-state index contributed by atoms with van der Waals surface area (Å²) in [5.74, 6) is -1.01. The number of amides is 2. The van der Waals surface area contributed by atoms with Crippen molar-refractivity contribution in [1.29, 1.82) is 0 Å². The van der Waals surface area contributed by atoms with Crippen molar-refractivity contribution in [3.05, 3.63) is 58.0 Å². The van der Waals surface area contributed by atoms with E-state index in [0.717, 1.165) is 9.75 Å². The summed E-state index contributed by atoms with van der Waals surface area (Å²) < 4.78 is 18.1. The summed E-state index contributed by atoms with van der Waals surface area (Å²) in [5.41, 5.74) is 4.54. The first-order chi connectivity index (χ1) is 11.4. The normalized spacial score (nSPS) is 12.0. The van der Waals surface area contributed by atoms with Crippen molar-refractivity contribution in [3.8, 4) is 5.75 Å². The van der Waals surface area contributed by atoms with E-state index < -0.39 is 17.9 Å². The van der Waals surface area contributed by atoms with Gasteiger partial charge in [-0.15, -0.1) is 11.3 Å². The fourth-order valence-corrected chi connectivity index (χ4v) is 2.52. The summed E-state index contributed by atoms with van der Waals surface area (Å²) in [6.07, 6.45) is 2.15. The molecule has 0 radical (unpaired) electrons. The molecule has 0 aliphatic carbocycles. The summed E-state index contributed by atoms with van der Waals surface area (Å²) in [6.45, 7) is 3.50. The second kappa shape index (κ2) is 8.26. The lowest BCUT2D eigenvalue weighted by molar-refractivity contribution is -0.131. The number of nitrogens with one attached hydrogen (secondary N) is 2. The van der Waals surface area contributed by atoms with Crippen LogP contribution in [0.25, 0.3) is 6.08 Å². The van der Waals surface area contributed by atoms with Crippen molar-refractivity contribution in [3.63, 3.8) is 0 Å². The van der Waals surface area contributed by atoms with Gasteiger partial charge in [-0.1, -0.05) is 0 Å². The fraction of sp³-hybridized carbons (Fsp3) is 0.176. The molecule has 126 valence electrons. The van der Waals surface area contributed by atoms with Gasteiger partial charge in [0.25, 0.3) is 11.8 Å². The largest absolute Gasteiger partial charge is 0.481 e. The van der Waals surface area contributed by atoms with Crippen LogP contribution >= 0.6 is 11.3 Å². The van der Waals surface area contributed by atoms with E-state index in [1.807, 2.05) is 19.1 Å². The van der Waals surface area contributed by atoms with Crippen LogP contribution in [0.15, 0.2) is 42.5 Å². The second-order valence-electron chi connectivity index (χ2n) is 4.97. The monoisotopic (exact) mass is 348 g/mol. The second-order valence-corrected chi connectivity index (χ2v) is 6.29. The van der Waals surface area contributed by atoms with Gasteiger partial charge in [0.15, 0.2) is 6.10 Å². The molecule has 7 heteroatoms. The predicted octanol–water partition coefficient (Wildman–Crippen LogP) is 2.82. The number of benzene rings is 1. The minimum atomic E-state index is -0.848. The quantitative estimate of drug-likeness (QED) is 0.645. The number of ether oxygens (including phenoxy) is 1. The summed E-state index contributed by atoms with van der Waals surface area (Å²) >= 11 is 1.56. The molecule has 0 saturated heterocycles. The Labute approximate surface area is 143 Å². The van der Waals surface area contributed by atoms with E-state index in [2.05, 4.69) is 10.9 Å². The average molecular weight is 348 g/mol. The molecule has 2 aromatic rings. The third-order valence-corrected chi connectivity index (χ3v) is 3.93. The Hall–Kier alpha value is -2.67. The number of aryl methyl sites for hydroxylation is 1. The Kier molecular flexibility index (Phi) is 6.08. The van der Waals surface area contributed by atoms with Gasteiger partial charge in [0.05, 0.1) is 0 Å². The van der Waals surface area contributed by atoms with Crippen molar-refractivity contribution < 1.29 is 18.7 Å². The molecule has 2 amide bonds. The molecule has 1 aromatic carbocycles. The number of rotatable bonds is 5. The maximum absolute atomic E-state index is 12.8. The van der Waals surface area contributed by atoms with Crippen LogP contribution in [0.4, 0.5) is 4.39 Å². The number of carbonyl (C=O) groups excluding carboxylic acids is 2. The van der Waals surface area contributed by atoms with Gasteiger partial charge in [0.2, 0.25) is 0 Å². The van der Waals surface area contributed by atoms with Gasteiger partial charge < -0.3 is 4.74 Å². The lowest BCUT2D eigenvalue weighted by atomic mass is 10.3. The molecule has 1 heterocycles. The number of hydrogen-bond donors (Lipinski definition) is 2. The SMILES string of the molecule is Cc1ccc(/C=C/C(=O)NNC(=O)[C@H](C)Oc2ccc(F)cc2)s1. The van der Waals surface area contributed by atoms with Crippen LogP contribution in [0.1, 0.15) is 16.7 Å². The first-order valence-corrected chi connectivity index (χ1v) is 8.02. The van der Waals surface area contributed by atoms with Gasteiger partial charge in [-0.05, 0) is 56.3 Å². The number of halogens is 1. The molecule has 2 N–H and O–H groups in total. The van der Waals surface area contributed by atoms with Crippen LogP contribution in [-0.2, 0) is 9.59 Å². The number of thiophene rings is 1. The van der Waals surface area contributed by atoms with Crippen molar-refractivity contribution in [1.82, 2.24) is 10.9 Å². The zero-order chi connectivity index (χ0) is 17.5. The van der Waals surface area contributed by atoms with Gasteiger partial charge in [0, 0.05) is 15.8 Å². The highest BCUT2D eigenvalue weighted by Gasteiger charge is 2.14. The van der Waals surface area contributed by atoms with E-state index in [0.29, 0.717) is 5.75 Å². The van der Waals surface area contributed by atoms with Crippen LogP contribution in [-0.4, -0.2) is 17.9 Å². The third-order valence-electron chi connectivity index (χ3n) is 2.96. The van der Waals surface area contributed by atoms with Crippen LogP contribution in [0.5, 0.6) is 5.75 Å². The first kappa shape index (κ1) is 17.7. The molecular formula is C17H17FN2O3S. The zero-order valence-corrected chi connectivity index (χ0v) is 14.0. The fourth-order valence-electron chi connectivity index (χ4n) is 1.74. The van der Waals surface area contributed by atoms with Crippen LogP contribution < -0.4 is 15.6 Å². The van der Waals surface area contributed by atoms with Gasteiger partial charge in [-0.2, -0.15) is 0 Å². The Balaban J connectivity index is 1.78. The predicted molar refractivity (Wildman–Crippen MR) is 90.9 cm³/mol. The Bertz CT molecular complexity index is 741. The molecule has 0 bridgehead atoms. The minimum Gasteiger partial charge on any atom is -0.481 e. The van der Waals surface area contributed by atoms with E-state index in [9.17, 15) is 14.0 Å². The maximum atomic E-state index is 12.8. The van der Waals surface area contributed by atoms with E-state index in [1.54, 1.807) is 17.4 Å². The Morgan fingerprint density at radius 1 is 1.17 bits per heavy atom. The standard InChI is InChI=1S/C17H17FN2O3S/c1-11-3-8-15(24-11)9-10-16(21)19-20-17(22)12(2)23-14-6-4-13(18)5-7-14/h3-10,12H,1-2H3,(H,19,21)(H,20,22)/b10-9+/t12-/m0/s1. The van der Waals surface area contributed by atoms with E-state index >= 15 is 0 Å². The molecular weight excluding hydrogens is 331 g/mol. The summed E-state index contributed by atoms with van der Waals surface area (Å²) in [4.78, 5) is 25.6. The maximum Gasteiger partial charge on any atom is 0.279 e. The molecule has 5 nitrogen and oxygen atoms in total. The molecule has 0 aliphatic heterocycles. The van der Waals surface area contributed by atoms with E-state index in [4.69, 9.17) is 4.74 Å². The van der Waals surface area contributed by atoms with E-state index in [-0.39, 0.29) is 5.82 Å². The molecule has 24 heavy (non-hydrogen) atoms. The average Bonchev–Trinajstić information content (AvgIpc) is 2.98. The van der Waals surface area contributed by atoms with Crippen molar-refractivity contribution in [2.45, 2.75) is 20.0 Å². The molecule has 0 aliphatic rings. The van der Waals surface area contributed by atoms with Gasteiger partial charge in [-0.3, -0.25) is 20.4 Å². The van der Waals surface area contributed by atoms with Crippen LogP contribution in [0, 0.1) is 12.7 Å². The highest BCUT2D eigenvalue weighted by molar-refractivity contribution is 7.12. The Morgan fingerprint density at radius 2 is 1.88 bits per heavy atom. The molecule has 2 rings (SSSR count). The van der Waals surface area contributed by atoms with Crippen molar-refractivity contribution in [2.24, 2.45) is 0 Å². The van der Waals surface area contributed by atoms with Crippen molar-refractivity contribution in [2.75, 3.05) is 0 Å². The Morgan fingerprint density at radius 3 is 2.50 bits per heavy atom. The number of hydrogen-bond acceptors (Lipinski definition) is 4. The molecule has 0 fully saturated rings. The molecule has 1 aromatic heterocycles. The topological polar surface area (TPSA) is 67.4 Å².